The number of halogens is 2. The highest BCUT2D eigenvalue weighted by Crippen LogP contribution is 2.26. The van der Waals surface area contributed by atoms with Gasteiger partial charge < -0.3 is 0 Å². The highest BCUT2D eigenvalue weighted by Gasteiger charge is 2.16. The van der Waals surface area contributed by atoms with Crippen molar-refractivity contribution in [2.45, 2.75) is 19.3 Å². The highest BCUT2D eigenvalue weighted by molar-refractivity contribution is 9.09. The van der Waals surface area contributed by atoms with Crippen LogP contribution in [0, 0.1) is 12.7 Å². The quantitative estimate of drug-likeness (QED) is 0.766. The first-order valence-electron chi connectivity index (χ1n) is 5.42. The van der Waals surface area contributed by atoms with Crippen molar-refractivity contribution in [3.05, 3.63) is 51.7 Å². The van der Waals surface area contributed by atoms with E-state index in [1.807, 2.05) is 24.4 Å². The van der Waals surface area contributed by atoms with Crippen molar-refractivity contribution in [3.8, 4) is 0 Å². The van der Waals surface area contributed by atoms with Gasteiger partial charge in [0.2, 0.25) is 0 Å². The lowest BCUT2D eigenvalue weighted by Crippen LogP contribution is -2.06. The summed E-state index contributed by atoms with van der Waals surface area (Å²) in [5, 5.41) is 3.84. The molecule has 0 spiro atoms. The zero-order chi connectivity index (χ0) is 12.3. The Balaban J connectivity index is 2.20. The molecular weight excluding hydrogens is 301 g/mol. The predicted molar refractivity (Wildman–Crippen MR) is 73.5 cm³/mol. The molecule has 1 heterocycles. The maximum Gasteiger partial charge on any atom is 0.126 e. The van der Waals surface area contributed by atoms with E-state index in [9.17, 15) is 4.39 Å². The average molecular weight is 314 g/mol. The lowest BCUT2D eigenvalue weighted by Gasteiger charge is -2.13. The number of nitrogens with zero attached hydrogens (tertiary/aromatic N) is 1. The number of rotatable bonds is 4. The summed E-state index contributed by atoms with van der Waals surface area (Å²) in [7, 11) is 0. The molecule has 0 saturated carbocycles. The van der Waals surface area contributed by atoms with E-state index in [1.54, 1.807) is 17.4 Å². The molecule has 1 aromatic heterocycles. The Morgan fingerprint density at radius 3 is 2.76 bits per heavy atom. The summed E-state index contributed by atoms with van der Waals surface area (Å²) in [5.74, 6) is 0.00646. The maximum absolute atomic E-state index is 13.7. The van der Waals surface area contributed by atoms with Gasteiger partial charge in [0.1, 0.15) is 5.82 Å². The summed E-state index contributed by atoms with van der Waals surface area (Å²) in [5.41, 5.74) is 1.80. The van der Waals surface area contributed by atoms with Gasteiger partial charge in [0.05, 0.1) is 5.01 Å². The van der Waals surface area contributed by atoms with Crippen molar-refractivity contribution < 1.29 is 4.39 Å². The summed E-state index contributed by atoms with van der Waals surface area (Å²) in [6, 6.07) is 6.96. The van der Waals surface area contributed by atoms with Gasteiger partial charge in [-0.25, -0.2) is 9.37 Å². The molecule has 0 fully saturated rings. The number of aromatic nitrogens is 1. The summed E-state index contributed by atoms with van der Waals surface area (Å²) >= 11 is 5.10. The van der Waals surface area contributed by atoms with Gasteiger partial charge in [-0.2, -0.15) is 0 Å². The van der Waals surface area contributed by atoms with E-state index >= 15 is 0 Å². The summed E-state index contributed by atoms with van der Waals surface area (Å²) in [4.78, 5) is 4.43. The van der Waals surface area contributed by atoms with E-state index in [4.69, 9.17) is 0 Å². The Morgan fingerprint density at radius 2 is 2.18 bits per heavy atom. The fourth-order valence-electron chi connectivity index (χ4n) is 1.76. The standard InChI is InChI=1S/C13H13BrFNS/c1-9-8-17-13(16-9)6-10(7-14)11-4-2-3-5-12(11)15/h2-5,8,10H,6-7H2,1H3. The minimum absolute atomic E-state index is 0.134. The van der Waals surface area contributed by atoms with Crippen LogP contribution in [-0.2, 0) is 6.42 Å². The molecular formula is C13H13BrFNS. The molecule has 4 heteroatoms. The SMILES string of the molecule is Cc1csc(CC(CBr)c2ccccc2F)n1. The van der Waals surface area contributed by atoms with Gasteiger partial charge in [-0.15, -0.1) is 11.3 Å². The van der Waals surface area contributed by atoms with Gasteiger partial charge in [-0.1, -0.05) is 34.1 Å². The minimum Gasteiger partial charge on any atom is -0.247 e. The van der Waals surface area contributed by atoms with Crippen molar-refractivity contribution in [1.82, 2.24) is 4.98 Å². The molecule has 2 rings (SSSR count). The normalized spacial score (nSPS) is 12.6. The molecule has 1 aromatic carbocycles. The molecule has 1 atom stereocenters. The molecule has 90 valence electrons. The van der Waals surface area contributed by atoms with E-state index in [0.29, 0.717) is 0 Å². The molecule has 1 nitrogen and oxygen atoms in total. The number of aryl methyl sites for hydroxylation is 1. The van der Waals surface area contributed by atoms with E-state index in [2.05, 4.69) is 20.9 Å². The topological polar surface area (TPSA) is 12.9 Å². The molecule has 0 aliphatic heterocycles. The van der Waals surface area contributed by atoms with E-state index < -0.39 is 0 Å². The van der Waals surface area contributed by atoms with Crippen LogP contribution < -0.4 is 0 Å². The third-order valence-corrected chi connectivity index (χ3v) is 4.39. The molecule has 1 unspecified atom stereocenters. The number of benzene rings is 1. The molecule has 0 aliphatic carbocycles. The van der Waals surface area contributed by atoms with E-state index in [1.165, 1.54) is 6.07 Å². The van der Waals surface area contributed by atoms with Crippen LogP contribution in [0.15, 0.2) is 29.6 Å². The van der Waals surface area contributed by atoms with Crippen LogP contribution in [0.1, 0.15) is 22.2 Å². The third kappa shape index (κ3) is 3.13. The van der Waals surface area contributed by atoms with Gasteiger partial charge in [0.25, 0.3) is 0 Å². The largest absolute Gasteiger partial charge is 0.247 e. The second-order valence-corrected chi connectivity index (χ2v) is 5.55. The maximum atomic E-state index is 13.7. The predicted octanol–water partition coefficient (Wildman–Crippen LogP) is 4.31. The first-order chi connectivity index (χ1) is 8.20. The van der Waals surface area contributed by atoms with Gasteiger partial charge in [0, 0.05) is 28.7 Å². The molecule has 0 N–H and O–H groups in total. The van der Waals surface area contributed by atoms with Gasteiger partial charge in [-0.05, 0) is 18.6 Å². The molecule has 2 aromatic rings. The summed E-state index contributed by atoms with van der Waals surface area (Å²) < 4.78 is 13.7. The third-order valence-electron chi connectivity index (χ3n) is 2.62. The Hall–Kier alpha value is -0.740. The van der Waals surface area contributed by atoms with Gasteiger partial charge >= 0.3 is 0 Å². The second-order valence-electron chi connectivity index (χ2n) is 3.96. The first kappa shape index (κ1) is 12.7. The van der Waals surface area contributed by atoms with Crippen molar-refractivity contribution in [3.63, 3.8) is 0 Å². The second kappa shape index (κ2) is 5.74. The zero-order valence-electron chi connectivity index (χ0n) is 9.49. The zero-order valence-corrected chi connectivity index (χ0v) is 11.9. The number of alkyl halides is 1. The van der Waals surface area contributed by atoms with Crippen molar-refractivity contribution in [2.24, 2.45) is 0 Å². The van der Waals surface area contributed by atoms with Gasteiger partial charge in [-0.3, -0.25) is 0 Å². The molecule has 0 saturated heterocycles. The molecule has 0 radical (unpaired) electrons. The Bertz CT molecular complexity index is 498. The fraction of sp³-hybridized carbons (Fsp3) is 0.308. The minimum atomic E-state index is -0.134. The smallest absolute Gasteiger partial charge is 0.126 e. The van der Waals surface area contributed by atoms with Crippen LogP contribution in [0.25, 0.3) is 0 Å². The monoisotopic (exact) mass is 313 g/mol. The van der Waals surface area contributed by atoms with Crippen LogP contribution in [-0.4, -0.2) is 10.3 Å². The van der Waals surface area contributed by atoms with Crippen molar-refractivity contribution in [2.75, 3.05) is 5.33 Å². The summed E-state index contributed by atoms with van der Waals surface area (Å²) in [6.45, 7) is 1.98. The van der Waals surface area contributed by atoms with Crippen LogP contribution in [0.5, 0.6) is 0 Å². The Labute approximate surface area is 113 Å². The van der Waals surface area contributed by atoms with Crippen LogP contribution in [0.4, 0.5) is 4.39 Å². The average Bonchev–Trinajstić information content (AvgIpc) is 2.73. The number of hydrogen-bond acceptors (Lipinski definition) is 2. The first-order valence-corrected chi connectivity index (χ1v) is 7.42. The van der Waals surface area contributed by atoms with E-state index in [0.717, 1.165) is 28.0 Å². The van der Waals surface area contributed by atoms with Crippen LogP contribution >= 0.6 is 27.3 Å². The lowest BCUT2D eigenvalue weighted by atomic mass is 9.97. The number of hydrogen-bond donors (Lipinski definition) is 0. The van der Waals surface area contributed by atoms with E-state index in [-0.39, 0.29) is 11.7 Å². The molecule has 0 bridgehead atoms. The highest BCUT2D eigenvalue weighted by atomic mass is 79.9. The molecule has 0 aliphatic rings. The molecule has 17 heavy (non-hydrogen) atoms. The lowest BCUT2D eigenvalue weighted by molar-refractivity contribution is 0.590. The molecule has 0 amide bonds. The van der Waals surface area contributed by atoms with Crippen LogP contribution in [0.3, 0.4) is 0 Å². The van der Waals surface area contributed by atoms with Gasteiger partial charge in [0.15, 0.2) is 0 Å². The van der Waals surface area contributed by atoms with Crippen LogP contribution in [0.2, 0.25) is 0 Å². The summed E-state index contributed by atoms with van der Waals surface area (Å²) in [6.07, 6.45) is 0.782. The van der Waals surface area contributed by atoms with Crippen molar-refractivity contribution >= 4 is 27.3 Å². The fourth-order valence-corrected chi connectivity index (χ4v) is 3.19. The Kier molecular flexibility index (Phi) is 4.29. The Morgan fingerprint density at radius 1 is 1.41 bits per heavy atom. The van der Waals surface area contributed by atoms with Crippen molar-refractivity contribution in [1.29, 1.82) is 0 Å². The number of thiazole rings is 1.